The molecule has 0 amide bonds. The first-order valence-corrected chi connectivity index (χ1v) is 16.3. The normalized spacial score (nSPS) is 12.6. The van der Waals surface area contributed by atoms with Gasteiger partial charge in [0.25, 0.3) is 0 Å². The number of carbonyl (C=O) groups excluding carboxylic acids is 2. The second-order valence-electron chi connectivity index (χ2n) is 11.1. The Hall–Kier alpha value is -4.57. The molecule has 2 heterocycles. The number of esters is 1. The number of unbranched alkanes of at least 4 members (excludes halogenated alkanes) is 2. The topological polar surface area (TPSA) is 240 Å². The summed E-state index contributed by atoms with van der Waals surface area (Å²) in [5.41, 5.74) is 3.58. The Kier molecular flexibility index (Phi) is 15.2. The number of aromatic nitrogens is 6. The highest BCUT2D eigenvalue weighted by Gasteiger charge is 2.26. The molecular formula is C31H39ClN8O11. The molecule has 2 atom stereocenters. The van der Waals surface area contributed by atoms with Gasteiger partial charge in [0.2, 0.25) is 6.29 Å². The first-order valence-electron chi connectivity index (χ1n) is 15.9. The van der Waals surface area contributed by atoms with Crippen LogP contribution in [0.4, 0.5) is 4.79 Å². The van der Waals surface area contributed by atoms with Gasteiger partial charge < -0.3 is 18.8 Å². The summed E-state index contributed by atoms with van der Waals surface area (Å²) in [6, 6.07) is 15.5. The first-order chi connectivity index (χ1) is 24.5. The van der Waals surface area contributed by atoms with Crippen LogP contribution in [-0.2, 0) is 36.9 Å². The van der Waals surface area contributed by atoms with E-state index in [1.54, 1.807) is 4.57 Å². The zero-order valence-electron chi connectivity index (χ0n) is 27.8. The van der Waals surface area contributed by atoms with E-state index in [1.807, 2.05) is 55.5 Å². The van der Waals surface area contributed by atoms with Gasteiger partial charge in [0.15, 0.2) is 16.7 Å². The summed E-state index contributed by atoms with van der Waals surface area (Å²) < 4.78 is 17.2. The molecule has 0 aliphatic carbocycles. The van der Waals surface area contributed by atoms with Gasteiger partial charge in [0.1, 0.15) is 18.5 Å². The Morgan fingerprint density at radius 2 is 1.73 bits per heavy atom. The lowest BCUT2D eigenvalue weighted by molar-refractivity contribution is -0.527. The fourth-order valence-electron chi connectivity index (χ4n) is 5.02. The number of nitrogens with zero attached hydrogens (tertiary/aromatic N) is 7. The van der Waals surface area contributed by atoms with E-state index in [4.69, 9.17) is 46.6 Å². The van der Waals surface area contributed by atoms with Gasteiger partial charge in [-0.15, -0.1) is 5.10 Å². The number of halogens is 1. The Balaban J connectivity index is 1.35. The van der Waals surface area contributed by atoms with Crippen molar-refractivity contribution in [2.45, 2.75) is 71.3 Å². The third-order valence-electron chi connectivity index (χ3n) is 7.38. The van der Waals surface area contributed by atoms with Crippen LogP contribution < -0.4 is 0 Å². The summed E-state index contributed by atoms with van der Waals surface area (Å²) in [6.45, 7) is 3.13. The van der Waals surface area contributed by atoms with Crippen LogP contribution in [0.25, 0.3) is 22.5 Å². The molecule has 4 aromatic rings. The van der Waals surface area contributed by atoms with E-state index in [-0.39, 0.29) is 30.4 Å². The number of tetrazole rings is 1. The lowest BCUT2D eigenvalue weighted by atomic mass is 9.98. The van der Waals surface area contributed by atoms with Crippen LogP contribution in [0.15, 0.2) is 48.5 Å². The molecule has 20 heteroatoms. The van der Waals surface area contributed by atoms with Crippen molar-refractivity contribution in [3.8, 4) is 22.5 Å². The van der Waals surface area contributed by atoms with Crippen LogP contribution in [0.2, 0.25) is 5.15 Å². The van der Waals surface area contributed by atoms with Crippen LogP contribution in [0.5, 0.6) is 0 Å². The van der Waals surface area contributed by atoms with Gasteiger partial charge in [0, 0.05) is 25.5 Å². The van der Waals surface area contributed by atoms with E-state index in [0.717, 1.165) is 35.1 Å². The number of imidazole rings is 1. The molecule has 5 N–H and O–H groups in total. The third kappa shape index (κ3) is 12.0. The summed E-state index contributed by atoms with van der Waals surface area (Å²) >= 11 is 6.48. The Labute approximate surface area is 296 Å². The lowest BCUT2D eigenvalue weighted by Gasteiger charge is -2.19. The molecule has 19 nitrogen and oxygen atoms in total. The van der Waals surface area contributed by atoms with E-state index in [9.17, 15) is 9.59 Å². The van der Waals surface area contributed by atoms with Gasteiger partial charge in [-0.25, -0.2) is 29.3 Å². The standard InChI is InChI=1S/C31H39ClN8O11/c1-3-4-12-26-33-28(32)27(30(41)49-20(2)50-31(42)47-17-8-7-9-23(51-40(45)46)19-48-39(43)44)38(26)18-21-13-15-22(16-14-21)24-10-5-6-11-25(24)29-34-36-37-35-29/h5-6,10-11,13-16,20,23,43-46H,3-4,7-9,12,17-19H2,1-2H3,(H,34,35,36,37)/t20?,23-/m0/s1. The van der Waals surface area contributed by atoms with E-state index >= 15 is 0 Å². The fourth-order valence-corrected chi connectivity index (χ4v) is 5.30. The molecule has 4 rings (SSSR count). The maximum atomic E-state index is 13.4. The monoisotopic (exact) mass is 734 g/mol. The van der Waals surface area contributed by atoms with Crippen molar-refractivity contribution in [2.75, 3.05) is 13.2 Å². The molecule has 51 heavy (non-hydrogen) atoms. The second kappa shape index (κ2) is 19.7. The number of nitrogens with one attached hydrogen (secondary N) is 1. The summed E-state index contributed by atoms with van der Waals surface area (Å²) in [5.74, 6) is 0.297. The van der Waals surface area contributed by atoms with Crippen molar-refractivity contribution < 1.29 is 54.3 Å². The molecule has 2 aromatic heterocycles. The average Bonchev–Trinajstić information content (AvgIpc) is 3.74. The van der Waals surface area contributed by atoms with E-state index in [1.165, 1.54) is 6.92 Å². The van der Waals surface area contributed by atoms with Crippen LogP contribution in [0.3, 0.4) is 0 Å². The minimum atomic E-state index is -1.34. The highest BCUT2D eigenvalue weighted by molar-refractivity contribution is 6.32. The van der Waals surface area contributed by atoms with Crippen LogP contribution in [0, 0.1) is 0 Å². The van der Waals surface area contributed by atoms with E-state index in [2.05, 4.69) is 35.3 Å². The third-order valence-corrected chi connectivity index (χ3v) is 7.64. The molecule has 0 bridgehead atoms. The largest absolute Gasteiger partial charge is 0.511 e. The van der Waals surface area contributed by atoms with Gasteiger partial charge >= 0.3 is 12.1 Å². The summed E-state index contributed by atoms with van der Waals surface area (Å²) in [4.78, 5) is 39.1. The van der Waals surface area contributed by atoms with E-state index < -0.39 is 41.9 Å². The number of hydrogen-bond acceptors (Lipinski definition) is 17. The molecule has 0 aliphatic heterocycles. The lowest BCUT2D eigenvalue weighted by Crippen LogP contribution is -2.31. The number of hydrogen-bond donors (Lipinski definition) is 5. The van der Waals surface area contributed by atoms with Crippen LogP contribution in [-0.4, -0.2) is 99.5 Å². The number of H-pyrrole nitrogens is 1. The smallest absolute Gasteiger partial charge is 0.434 e. The van der Waals surface area contributed by atoms with Crippen molar-refractivity contribution in [2.24, 2.45) is 0 Å². The molecule has 0 saturated carbocycles. The maximum Gasteiger partial charge on any atom is 0.511 e. The number of carbonyl (C=O) groups is 2. The maximum absolute atomic E-state index is 13.4. The molecule has 0 saturated heterocycles. The van der Waals surface area contributed by atoms with Crippen molar-refractivity contribution in [1.29, 1.82) is 0 Å². The molecule has 0 radical (unpaired) electrons. The predicted molar refractivity (Wildman–Crippen MR) is 173 cm³/mol. The predicted octanol–water partition coefficient (Wildman–Crippen LogP) is 4.99. The summed E-state index contributed by atoms with van der Waals surface area (Å²) in [6.07, 6.45) is -0.330. The van der Waals surface area contributed by atoms with Crippen molar-refractivity contribution in [3.05, 3.63) is 70.8 Å². The first kappa shape index (κ1) is 39.2. The van der Waals surface area contributed by atoms with Crippen LogP contribution in [0.1, 0.15) is 67.8 Å². The Bertz CT molecular complexity index is 1670. The second-order valence-corrected chi connectivity index (χ2v) is 11.4. The minimum absolute atomic E-state index is 0.00872. The molecule has 2 aromatic carbocycles. The zero-order chi connectivity index (χ0) is 36.8. The highest BCUT2D eigenvalue weighted by atomic mass is 35.5. The molecule has 0 fully saturated rings. The molecule has 276 valence electrons. The minimum Gasteiger partial charge on any atom is -0.434 e. The van der Waals surface area contributed by atoms with Crippen molar-refractivity contribution >= 4 is 23.7 Å². The highest BCUT2D eigenvalue weighted by Crippen LogP contribution is 2.30. The quantitative estimate of drug-likeness (QED) is 0.0347. The molecular weight excluding hydrogens is 696 g/mol. The number of ether oxygens (including phenoxy) is 3. The van der Waals surface area contributed by atoms with Gasteiger partial charge in [0.05, 0.1) is 17.4 Å². The van der Waals surface area contributed by atoms with Crippen molar-refractivity contribution in [1.82, 2.24) is 41.0 Å². The zero-order valence-corrected chi connectivity index (χ0v) is 28.5. The number of benzene rings is 2. The molecule has 0 spiro atoms. The average molecular weight is 735 g/mol. The number of rotatable bonds is 20. The van der Waals surface area contributed by atoms with Gasteiger partial charge in [-0.2, -0.15) is 0 Å². The Morgan fingerprint density at radius 1 is 0.980 bits per heavy atom. The Morgan fingerprint density at radius 3 is 2.39 bits per heavy atom. The van der Waals surface area contributed by atoms with Gasteiger partial charge in [-0.3, -0.25) is 20.8 Å². The number of aromatic amines is 1. The van der Waals surface area contributed by atoms with Gasteiger partial charge in [-0.05, 0) is 52.8 Å². The summed E-state index contributed by atoms with van der Waals surface area (Å²) in [7, 11) is 0. The van der Waals surface area contributed by atoms with Gasteiger partial charge in [-0.1, -0.05) is 73.5 Å². The molecule has 0 aliphatic rings. The summed E-state index contributed by atoms with van der Waals surface area (Å²) in [5, 5.41) is 48.0. The fraction of sp³-hybridized carbons (Fsp3) is 0.419. The number of aryl methyl sites for hydroxylation is 1. The van der Waals surface area contributed by atoms with Crippen molar-refractivity contribution in [3.63, 3.8) is 0 Å². The van der Waals surface area contributed by atoms with Crippen LogP contribution >= 0.6 is 11.6 Å². The SMILES string of the molecule is CCCCc1nc(Cl)c(C(=O)OC(C)OC(=O)OCCCC[C@@H](CON(O)O)ON(O)O)n1Cc1ccc(-c2ccccc2-c2nnn[nH]2)cc1. The molecule has 1 unspecified atom stereocenters. The van der Waals surface area contributed by atoms with E-state index in [0.29, 0.717) is 30.9 Å².